The fourth-order valence-corrected chi connectivity index (χ4v) is 2.23. The van der Waals surface area contributed by atoms with Crippen molar-refractivity contribution in [2.75, 3.05) is 19.6 Å². The van der Waals surface area contributed by atoms with Gasteiger partial charge in [-0.3, -0.25) is 9.78 Å². The number of piperidine rings is 1. The second-order valence-electron chi connectivity index (χ2n) is 4.75. The molecule has 98 valence electrons. The molecule has 1 aromatic heterocycles. The Kier molecular flexibility index (Phi) is 4.25. The summed E-state index contributed by atoms with van der Waals surface area (Å²) in [5, 5.41) is 3.04. The highest BCUT2D eigenvalue weighted by Crippen LogP contribution is 2.10. The Morgan fingerprint density at radius 3 is 3.00 bits per heavy atom. The molecule has 1 atom stereocenters. The van der Waals surface area contributed by atoms with Crippen LogP contribution in [0, 0.1) is 6.92 Å². The van der Waals surface area contributed by atoms with Crippen LogP contribution in [0.25, 0.3) is 0 Å². The average molecular weight is 248 g/mol. The summed E-state index contributed by atoms with van der Waals surface area (Å²) in [6.07, 6.45) is 5.33. The number of hydrogen-bond donors (Lipinski definition) is 1. The van der Waals surface area contributed by atoms with Gasteiger partial charge in [0.1, 0.15) is 5.69 Å². The van der Waals surface area contributed by atoms with Gasteiger partial charge in [0.25, 0.3) is 5.91 Å². The molecule has 1 aromatic rings. The topological polar surface area (TPSA) is 58.1 Å². The van der Waals surface area contributed by atoms with Crippen LogP contribution in [0.4, 0.5) is 0 Å². The number of amides is 1. The van der Waals surface area contributed by atoms with Gasteiger partial charge in [-0.15, -0.1) is 0 Å². The molecule has 1 amide bonds. The van der Waals surface area contributed by atoms with E-state index in [-0.39, 0.29) is 11.9 Å². The summed E-state index contributed by atoms with van der Waals surface area (Å²) in [6, 6.07) is 0.231. The van der Waals surface area contributed by atoms with Crippen LogP contribution in [-0.4, -0.2) is 46.5 Å². The summed E-state index contributed by atoms with van der Waals surface area (Å²) in [7, 11) is 0. The predicted octanol–water partition coefficient (Wildman–Crippen LogP) is 0.999. The van der Waals surface area contributed by atoms with Gasteiger partial charge in [0.15, 0.2) is 0 Å². The van der Waals surface area contributed by atoms with Gasteiger partial charge in [0.05, 0.1) is 11.9 Å². The van der Waals surface area contributed by atoms with Crippen LogP contribution in [0.2, 0.25) is 0 Å². The van der Waals surface area contributed by atoms with Crippen LogP contribution in [0.5, 0.6) is 0 Å². The highest BCUT2D eigenvalue weighted by molar-refractivity contribution is 5.92. The number of hydrogen-bond acceptors (Lipinski definition) is 4. The third kappa shape index (κ3) is 3.26. The minimum Gasteiger partial charge on any atom is -0.347 e. The molecule has 0 aromatic carbocycles. The molecule has 0 bridgehead atoms. The third-order valence-electron chi connectivity index (χ3n) is 3.30. The van der Waals surface area contributed by atoms with Gasteiger partial charge in [-0.1, -0.05) is 6.92 Å². The zero-order valence-electron chi connectivity index (χ0n) is 11.0. The summed E-state index contributed by atoms with van der Waals surface area (Å²) in [4.78, 5) is 22.5. The van der Waals surface area contributed by atoms with Crippen LogP contribution >= 0.6 is 0 Å². The first-order valence-corrected chi connectivity index (χ1v) is 6.51. The lowest BCUT2D eigenvalue weighted by molar-refractivity contribution is 0.0900. The Balaban J connectivity index is 1.92. The highest BCUT2D eigenvalue weighted by atomic mass is 16.1. The van der Waals surface area contributed by atoms with Crippen molar-refractivity contribution >= 4 is 5.91 Å². The summed E-state index contributed by atoms with van der Waals surface area (Å²) in [5.41, 5.74) is 1.22. The second kappa shape index (κ2) is 5.91. The minimum absolute atomic E-state index is 0.120. The Hall–Kier alpha value is -1.49. The van der Waals surface area contributed by atoms with Crippen molar-refractivity contribution in [2.24, 2.45) is 0 Å². The third-order valence-corrected chi connectivity index (χ3v) is 3.30. The van der Waals surface area contributed by atoms with E-state index in [0.717, 1.165) is 38.2 Å². The normalized spacial score (nSPS) is 20.7. The number of nitrogens with zero attached hydrogens (tertiary/aromatic N) is 3. The van der Waals surface area contributed by atoms with Crippen molar-refractivity contribution in [3.8, 4) is 0 Å². The van der Waals surface area contributed by atoms with E-state index in [9.17, 15) is 4.79 Å². The lowest BCUT2D eigenvalue weighted by Gasteiger charge is -2.32. The Bertz CT molecular complexity index is 404. The highest BCUT2D eigenvalue weighted by Gasteiger charge is 2.21. The fraction of sp³-hybridized carbons (Fsp3) is 0.615. The van der Waals surface area contributed by atoms with Gasteiger partial charge in [0, 0.05) is 18.8 Å². The molecular formula is C13H20N4O. The average Bonchev–Trinajstić information content (AvgIpc) is 2.39. The summed E-state index contributed by atoms with van der Waals surface area (Å²) >= 11 is 0. The second-order valence-corrected chi connectivity index (χ2v) is 4.75. The molecule has 18 heavy (non-hydrogen) atoms. The number of likely N-dealkylation sites (tertiary alicyclic amines) is 1. The number of nitrogens with one attached hydrogen (secondary N) is 1. The lowest BCUT2D eigenvalue weighted by atomic mass is 10.1. The summed E-state index contributed by atoms with van der Waals surface area (Å²) in [6.45, 7) is 7.11. The molecule has 0 saturated carbocycles. The fourth-order valence-electron chi connectivity index (χ4n) is 2.23. The van der Waals surface area contributed by atoms with Crippen molar-refractivity contribution in [1.29, 1.82) is 0 Å². The van der Waals surface area contributed by atoms with E-state index in [0.29, 0.717) is 5.69 Å². The standard InChI is InChI=1S/C13H20N4O/c1-3-17-6-4-5-11(9-17)16-13(18)12-8-14-10(2)7-15-12/h7-8,11H,3-6,9H2,1-2H3,(H,16,18). The largest absolute Gasteiger partial charge is 0.347 e. The molecule has 5 nitrogen and oxygen atoms in total. The Morgan fingerprint density at radius 1 is 1.50 bits per heavy atom. The quantitative estimate of drug-likeness (QED) is 0.867. The van der Waals surface area contributed by atoms with Crippen LogP contribution in [0.3, 0.4) is 0 Å². The van der Waals surface area contributed by atoms with E-state index in [1.54, 1.807) is 6.20 Å². The molecular weight excluding hydrogens is 228 g/mol. The maximum Gasteiger partial charge on any atom is 0.271 e. The number of aromatic nitrogens is 2. The molecule has 2 heterocycles. The van der Waals surface area contributed by atoms with Gasteiger partial charge < -0.3 is 10.2 Å². The lowest BCUT2D eigenvalue weighted by Crippen LogP contribution is -2.47. The van der Waals surface area contributed by atoms with Crippen molar-refractivity contribution in [2.45, 2.75) is 32.7 Å². The Morgan fingerprint density at radius 2 is 2.33 bits per heavy atom. The van der Waals surface area contributed by atoms with Gasteiger partial charge in [0.2, 0.25) is 0 Å². The van der Waals surface area contributed by atoms with Crippen LogP contribution in [-0.2, 0) is 0 Å². The number of aryl methyl sites for hydroxylation is 1. The number of rotatable bonds is 3. The zero-order chi connectivity index (χ0) is 13.0. The predicted molar refractivity (Wildman–Crippen MR) is 69.4 cm³/mol. The molecule has 5 heteroatoms. The van der Waals surface area contributed by atoms with E-state index in [1.165, 1.54) is 6.20 Å². The van der Waals surface area contributed by atoms with Gasteiger partial charge in [-0.05, 0) is 32.9 Å². The summed E-state index contributed by atoms with van der Waals surface area (Å²) in [5.74, 6) is -0.120. The SMILES string of the molecule is CCN1CCCC(NC(=O)c2cnc(C)cn2)C1. The first-order valence-electron chi connectivity index (χ1n) is 6.51. The monoisotopic (exact) mass is 248 g/mol. The van der Waals surface area contributed by atoms with Crippen molar-refractivity contribution < 1.29 is 4.79 Å². The van der Waals surface area contributed by atoms with E-state index in [4.69, 9.17) is 0 Å². The summed E-state index contributed by atoms with van der Waals surface area (Å²) < 4.78 is 0. The van der Waals surface area contributed by atoms with Gasteiger partial charge >= 0.3 is 0 Å². The van der Waals surface area contributed by atoms with Crippen LogP contribution < -0.4 is 5.32 Å². The maximum absolute atomic E-state index is 12.0. The van der Waals surface area contributed by atoms with Crippen molar-refractivity contribution in [3.05, 3.63) is 23.8 Å². The Labute approximate surface area is 108 Å². The smallest absolute Gasteiger partial charge is 0.271 e. The molecule has 0 spiro atoms. The van der Waals surface area contributed by atoms with E-state index in [2.05, 4.69) is 27.1 Å². The molecule has 1 saturated heterocycles. The molecule has 1 N–H and O–H groups in total. The molecule has 0 radical (unpaired) electrons. The van der Waals surface area contributed by atoms with Crippen molar-refractivity contribution in [3.63, 3.8) is 0 Å². The molecule has 1 unspecified atom stereocenters. The first kappa shape index (κ1) is 13.0. The number of carbonyl (C=O) groups is 1. The zero-order valence-corrected chi connectivity index (χ0v) is 11.0. The van der Waals surface area contributed by atoms with Gasteiger partial charge in [-0.25, -0.2) is 4.98 Å². The van der Waals surface area contributed by atoms with E-state index >= 15 is 0 Å². The first-order chi connectivity index (χ1) is 8.69. The number of likely N-dealkylation sites (N-methyl/N-ethyl adjacent to an activating group) is 1. The molecule has 1 fully saturated rings. The van der Waals surface area contributed by atoms with E-state index in [1.807, 2.05) is 6.92 Å². The molecule has 1 aliphatic heterocycles. The number of carbonyl (C=O) groups excluding carboxylic acids is 1. The molecule has 1 aliphatic rings. The minimum atomic E-state index is -0.120. The van der Waals surface area contributed by atoms with Gasteiger partial charge in [-0.2, -0.15) is 0 Å². The molecule has 0 aliphatic carbocycles. The van der Waals surface area contributed by atoms with E-state index < -0.39 is 0 Å². The van der Waals surface area contributed by atoms with Crippen LogP contribution in [0.15, 0.2) is 12.4 Å². The van der Waals surface area contributed by atoms with Crippen molar-refractivity contribution in [1.82, 2.24) is 20.2 Å². The molecule has 2 rings (SSSR count). The van der Waals surface area contributed by atoms with Crippen LogP contribution in [0.1, 0.15) is 35.9 Å². The maximum atomic E-state index is 12.0.